The van der Waals surface area contributed by atoms with Crippen LogP contribution in [0.2, 0.25) is 0 Å². The number of para-hydroxylation sites is 1. The zero-order valence-corrected chi connectivity index (χ0v) is 7.36. The molecule has 0 unspecified atom stereocenters. The van der Waals surface area contributed by atoms with Crippen molar-refractivity contribution in [2.75, 3.05) is 0 Å². The van der Waals surface area contributed by atoms with E-state index in [2.05, 4.69) is 0 Å². The summed E-state index contributed by atoms with van der Waals surface area (Å²) in [7, 11) is 0. The van der Waals surface area contributed by atoms with Crippen LogP contribution in [0.4, 0.5) is 0 Å². The summed E-state index contributed by atoms with van der Waals surface area (Å²) in [5, 5.41) is 1.06. The van der Waals surface area contributed by atoms with E-state index in [-0.39, 0.29) is 6.10 Å². The third-order valence-corrected chi connectivity index (χ3v) is 2.15. The Hall–Kier alpha value is -1.32. The van der Waals surface area contributed by atoms with Gasteiger partial charge in [0.05, 0.1) is 6.26 Å². The van der Waals surface area contributed by atoms with Crippen LogP contribution in [0.3, 0.4) is 0 Å². The Balaban J connectivity index is 2.57. The Morgan fingerprint density at radius 2 is 2.15 bits per heavy atom. The van der Waals surface area contributed by atoms with Crippen LogP contribution in [-0.2, 0) is 4.84 Å². The van der Waals surface area contributed by atoms with E-state index in [0.717, 1.165) is 16.5 Å². The van der Waals surface area contributed by atoms with Gasteiger partial charge in [0.2, 0.25) is 0 Å². The minimum Gasteiger partial charge on any atom is -0.464 e. The molecule has 2 rings (SSSR count). The van der Waals surface area contributed by atoms with Crippen molar-refractivity contribution in [1.29, 1.82) is 0 Å². The molecule has 1 aromatic carbocycles. The highest BCUT2D eigenvalue weighted by Gasteiger charge is 2.11. The molecule has 0 aliphatic heterocycles. The normalized spacial score (nSPS) is 13.4. The lowest BCUT2D eigenvalue weighted by Gasteiger charge is -2.04. The number of fused-ring (bicyclic) bond motifs is 1. The Labute approximate surface area is 76.0 Å². The lowest BCUT2D eigenvalue weighted by atomic mass is 10.1. The van der Waals surface area contributed by atoms with Gasteiger partial charge in [-0.05, 0) is 13.0 Å². The smallest absolute Gasteiger partial charge is 0.134 e. The van der Waals surface area contributed by atoms with Crippen LogP contribution in [0.15, 0.2) is 34.9 Å². The van der Waals surface area contributed by atoms with Crippen molar-refractivity contribution in [1.82, 2.24) is 0 Å². The standard InChI is InChI=1S/C10H11NO2/c1-7(13-11)9-6-12-10-5-3-2-4-8(9)10/h2-7H,11H2,1H3/t7-/m1/s1. The minimum absolute atomic E-state index is 0.136. The summed E-state index contributed by atoms with van der Waals surface area (Å²) < 4.78 is 5.34. The van der Waals surface area contributed by atoms with Gasteiger partial charge in [0.1, 0.15) is 11.7 Å². The summed E-state index contributed by atoms with van der Waals surface area (Å²) in [6.45, 7) is 1.89. The topological polar surface area (TPSA) is 48.4 Å². The SMILES string of the molecule is C[C@@H](ON)c1coc2ccccc12. The summed E-state index contributed by atoms with van der Waals surface area (Å²) in [4.78, 5) is 4.74. The summed E-state index contributed by atoms with van der Waals surface area (Å²) in [6, 6.07) is 7.81. The number of hydrogen-bond donors (Lipinski definition) is 1. The van der Waals surface area contributed by atoms with Gasteiger partial charge < -0.3 is 4.42 Å². The number of nitrogens with two attached hydrogens (primary N) is 1. The quantitative estimate of drug-likeness (QED) is 0.716. The summed E-state index contributed by atoms with van der Waals surface area (Å²) in [5.41, 5.74) is 1.85. The number of benzene rings is 1. The van der Waals surface area contributed by atoms with Gasteiger partial charge in [0.25, 0.3) is 0 Å². The van der Waals surface area contributed by atoms with Crippen LogP contribution in [0.1, 0.15) is 18.6 Å². The van der Waals surface area contributed by atoms with E-state index in [1.54, 1.807) is 6.26 Å². The molecule has 0 aliphatic carbocycles. The van der Waals surface area contributed by atoms with Gasteiger partial charge in [0.15, 0.2) is 0 Å². The third kappa shape index (κ3) is 1.32. The van der Waals surface area contributed by atoms with E-state index in [4.69, 9.17) is 15.2 Å². The van der Waals surface area contributed by atoms with E-state index < -0.39 is 0 Å². The van der Waals surface area contributed by atoms with Crippen molar-refractivity contribution < 1.29 is 9.25 Å². The van der Waals surface area contributed by atoms with Crippen LogP contribution in [-0.4, -0.2) is 0 Å². The second kappa shape index (κ2) is 3.20. The zero-order valence-electron chi connectivity index (χ0n) is 7.36. The Morgan fingerprint density at radius 3 is 2.92 bits per heavy atom. The molecule has 0 saturated carbocycles. The fourth-order valence-electron chi connectivity index (χ4n) is 1.39. The van der Waals surface area contributed by atoms with E-state index in [1.807, 2.05) is 31.2 Å². The molecule has 0 fully saturated rings. The molecule has 2 aromatic rings. The van der Waals surface area contributed by atoms with Crippen LogP contribution < -0.4 is 5.90 Å². The number of furan rings is 1. The Bertz CT molecular complexity index is 408. The highest BCUT2D eigenvalue weighted by atomic mass is 16.6. The molecule has 13 heavy (non-hydrogen) atoms. The van der Waals surface area contributed by atoms with Crippen molar-refractivity contribution in [2.45, 2.75) is 13.0 Å². The molecule has 0 radical (unpaired) electrons. The van der Waals surface area contributed by atoms with Gasteiger partial charge >= 0.3 is 0 Å². The first kappa shape index (κ1) is 8.29. The molecule has 3 heteroatoms. The fraction of sp³-hybridized carbons (Fsp3) is 0.200. The average molecular weight is 177 g/mol. The molecule has 3 nitrogen and oxygen atoms in total. The van der Waals surface area contributed by atoms with Crippen molar-refractivity contribution >= 4 is 11.0 Å². The number of rotatable bonds is 2. The second-order valence-electron chi connectivity index (χ2n) is 2.97. The summed E-state index contributed by atoms with van der Waals surface area (Å²) in [6.07, 6.45) is 1.55. The van der Waals surface area contributed by atoms with Gasteiger partial charge in [-0.25, -0.2) is 5.90 Å². The van der Waals surface area contributed by atoms with E-state index in [0.29, 0.717) is 0 Å². The molecule has 0 saturated heterocycles. The van der Waals surface area contributed by atoms with Gasteiger partial charge in [-0.2, -0.15) is 0 Å². The zero-order chi connectivity index (χ0) is 9.26. The van der Waals surface area contributed by atoms with Crippen molar-refractivity contribution in [3.8, 4) is 0 Å². The van der Waals surface area contributed by atoms with Gasteiger partial charge in [-0.15, -0.1) is 0 Å². The van der Waals surface area contributed by atoms with Crippen molar-refractivity contribution in [2.24, 2.45) is 5.90 Å². The maximum Gasteiger partial charge on any atom is 0.134 e. The summed E-state index contributed by atoms with van der Waals surface area (Å²) in [5.74, 6) is 5.11. The first-order valence-electron chi connectivity index (χ1n) is 4.14. The first-order chi connectivity index (χ1) is 6.33. The first-order valence-corrected chi connectivity index (χ1v) is 4.14. The lowest BCUT2D eigenvalue weighted by molar-refractivity contribution is 0.0668. The maximum absolute atomic E-state index is 5.34. The molecule has 0 aliphatic rings. The molecule has 0 amide bonds. The van der Waals surface area contributed by atoms with Gasteiger partial charge in [-0.1, -0.05) is 18.2 Å². The molecule has 68 valence electrons. The van der Waals surface area contributed by atoms with Crippen LogP contribution in [0.5, 0.6) is 0 Å². The maximum atomic E-state index is 5.34. The van der Waals surface area contributed by atoms with E-state index in [1.165, 1.54) is 0 Å². The molecule has 1 atom stereocenters. The molecule has 0 spiro atoms. The minimum atomic E-state index is -0.136. The average Bonchev–Trinajstić information content (AvgIpc) is 2.60. The largest absolute Gasteiger partial charge is 0.464 e. The van der Waals surface area contributed by atoms with Crippen LogP contribution in [0.25, 0.3) is 11.0 Å². The predicted molar refractivity (Wildman–Crippen MR) is 49.9 cm³/mol. The molecule has 1 aromatic heterocycles. The lowest BCUT2D eigenvalue weighted by Crippen LogP contribution is -2.04. The number of hydrogen-bond acceptors (Lipinski definition) is 3. The van der Waals surface area contributed by atoms with Crippen LogP contribution in [0, 0.1) is 0 Å². The summed E-state index contributed by atoms with van der Waals surface area (Å²) >= 11 is 0. The van der Waals surface area contributed by atoms with Crippen molar-refractivity contribution in [3.05, 3.63) is 36.1 Å². The fourth-order valence-corrected chi connectivity index (χ4v) is 1.39. The third-order valence-electron chi connectivity index (χ3n) is 2.15. The predicted octanol–water partition coefficient (Wildman–Crippen LogP) is 2.38. The monoisotopic (exact) mass is 177 g/mol. The molecular weight excluding hydrogens is 166 g/mol. The second-order valence-corrected chi connectivity index (χ2v) is 2.97. The molecular formula is C10H11NO2. The van der Waals surface area contributed by atoms with E-state index >= 15 is 0 Å². The highest BCUT2D eigenvalue weighted by molar-refractivity contribution is 5.81. The molecule has 0 bridgehead atoms. The van der Waals surface area contributed by atoms with E-state index in [9.17, 15) is 0 Å². The molecule has 1 heterocycles. The highest BCUT2D eigenvalue weighted by Crippen LogP contribution is 2.26. The van der Waals surface area contributed by atoms with Gasteiger partial charge in [-0.3, -0.25) is 4.84 Å². The van der Waals surface area contributed by atoms with Crippen molar-refractivity contribution in [3.63, 3.8) is 0 Å². The molecule has 2 N–H and O–H groups in total. The van der Waals surface area contributed by atoms with Crippen LogP contribution >= 0.6 is 0 Å². The Kier molecular flexibility index (Phi) is 2.04. The van der Waals surface area contributed by atoms with Gasteiger partial charge in [0, 0.05) is 10.9 Å². The Morgan fingerprint density at radius 1 is 1.38 bits per heavy atom.